The van der Waals surface area contributed by atoms with Gasteiger partial charge in [-0.3, -0.25) is 0 Å². The summed E-state index contributed by atoms with van der Waals surface area (Å²) in [7, 11) is 10.2. The zero-order valence-electron chi connectivity index (χ0n) is 19.6. The Balaban J connectivity index is 5.77. The predicted octanol–water partition coefficient (Wildman–Crippen LogP) is 2.88. The Hall–Kier alpha value is -0.0231. The minimum absolute atomic E-state index is 0.143. The van der Waals surface area contributed by atoms with Gasteiger partial charge in [0.25, 0.3) is 0 Å². The van der Waals surface area contributed by atoms with Gasteiger partial charge in [-0.2, -0.15) is 0 Å². The molecule has 0 fully saturated rings. The molecule has 164 valence electrons. The molecule has 27 heavy (non-hydrogen) atoms. The lowest BCUT2D eigenvalue weighted by Gasteiger charge is -2.42. The lowest BCUT2D eigenvalue weighted by Crippen LogP contribution is -2.51. The Morgan fingerprint density at radius 2 is 0.889 bits per heavy atom. The molecule has 0 saturated heterocycles. The average molecular weight is 406 g/mol. The number of hydrogen-bond donors (Lipinski definition) is 0. The van der Waals surface area contributed by atoms with E-state index in [1.165, 1.54) is 0 Å². The third-order valence-electron chi connectivity index (χ3n) is 4.95. The highest BCUT2D eigenvalue weighted by Crippen LogP contribution is 2.41. The van der Waals surface area contributed by atoms with Crippen LogP contribution in [-0.4, -0.2) is 105 Å². The Morgan fingerprint density at radius 3 is 1.11 bits per heavy atom. The molecule has 0 saturated carbocycles. The van der Waals surface area contributed by atoms with Gasteiger partial charge in [-0.05, 0) is 107 Å². The second kappa shape index (κ2) is 14.0. The lowest BCUT2D eigenvalue weighted by molar-refractivity contribution is 0.0496. The molecule has 6 nitrogen and oxygen atoms in total. The van der Waals surface area contributed by atoms with Gasteiger partial charge in [-0.25, -0.2) is 0 Å². The van der Waals surface area contributed by atoms with Crippen molar-refractivity contribution in [2.24, 2.45) is 5.41 Å². The molecule has 0 aliphatic carbocycles. The Morgan fingerprint density at radius 1 is 0.593 bits per heavy atom. The largest absolute Gasteiger partial charge is 0.501 e. The summed E-state index contributed by atoms with van der Waals surface area (Å²) in [6.45, 7) is 11.2. The van der Waals surface area contributed by atoms with E-state index in [1.807, 2.05) is 20.8 Å². The second-order valence-corrected chi connectivity index (χ2v) is 10.9. The predicted molar refractivity (Wildman–Crippen MR) is 117 cm³/mol. The van der Waals surface area contributed by atoms with Crippen LogP contribution < -0.4 is 0 Å². The lowest BCUT2D eigenvalue weighted by atomic mass is 9.79. The number of hydrogen-bond acceptors (Lipinski definition) is 6. The molecule has 0 spiro atoms. The zero-order chi connectivity index (χ0) is 20.9. The third-order valence-corrected chi connectivity index (χ3v) is 8.32. The maximum absolute atomic E-state index is 6.24. The van der Waals surface area contributed by atoms with Crippen LogP contribution >= 0.6 is 0 Å². The fourth-order valence-electron chi connectivity index (χ4n) is 3.42. The first kappa shape index (κ1) is 27.0. The fourth-order valence-corrected chi connectivity index (χ4v) is 6.74. The van der Waals surface area contributed by atoms with Gasteiger partial charge in [0.05, 0.1) is 0 Å². The maximum Gasteiger partial charge on any atom is 0.501 e. The molecule has 0 aromatic rings. The van der Waals surface area contributed by atoms with Crippen LogP contribution in [0.1, 0.15) is 40.0 Å². The standard InChI is InChI=1S/C20H47N3O3Si/c1-10-24-27(25-11-2,26-12-3)19-20(13-16-21(4)5,14-17-22(6)7)15-18-23(8)9/h10-19H2,1-9H3. The van der Waals surface area contributed by atoms with Gasteiger partial charge in [0, 0.05) is 25.9 Å². The maximum atomic E-state index is 6.24. The van der Waals surface area contributed by atoms with Crippen LogP contribution in [0.2, 0.25) is 6.04 Å². The molecular weight excluding hydrogens is 358 g/mol. The molecule has 0 amide bonds. The summed E-state index contributed by atoms with van der Waals surface area (Å²) in [5, 5.41) is 0. The van der Waals surface area contributed by atoms with Gasteiger partial charge in [0.1, 0.15) is 0 Å². The first-order valence-corrected chi connectivity index (χ1v) is 12.4. The monoisotopic (exact) mass is 405 g/mol. The van der Waals surface area contributed by atoms with Crippen LogP contribution in [0.15, 0.2) is 0 Å². The fraction of sp³-hybridized carbons (Fsp3) is 1.00. The zero-order valence-corrected chi connectivity index (χ0v) is 20.6. The minimum Gasteiger partial charge on any atom is -0.374 e. The van der Waals surface area contributed by atoms with Crippen molar-refractivity contribution in [3.8, 4) is 0 Å². The molecule has 0 aromatic heterocycles. The van der Waals surface area contributed by atoms with Gasteiger partial charge < -0.3 is 28.0 Å². The highest BCUT2D eigenvalue weighted by atomic mass is 28.4. The Bertz CT molecular complexity index is 320. The normalized spacial score (nSPS) is 13.3. The first-order chi connectivity index (χ1) is 12.6. The van der Waals surface area contributed by atoms with E-state index in [1.54, 1.807) is 0 Å². The van der Waals surface area contributed by atoms with Crippen molar-refractivity contribution in [1.29, 1.82) is 0 Å². The van der Waals surface area contributed by atoms with E-state index in [9.17, 15) is 0 Å². The Labute approximate surface area is 170 Å². The smallest absolute Gasteiger partial charge is 0.374 e. The van der Waals surface area contributed by atoms with E-state index in [0.717, 1.165) is 44.9 Å². The van der Waals surface area contributed by atoms with Crippen LogP contribution in [0.25, 0.3) is 0 Å². The molecule has 0 unspecified atom stereocenters. The van der Waals surface area contributed by atoms with Crippen LogP contribution in [-0.2, 0) is 13.3 Å². The van der Waals surface area contributed by atoms with Crippen molar-refractivity contribution in [3.05, 3.63) is 0 Å². The topological polar surface area (TPSA) is 37.4 Å². The third kappa shape index (κ3) is 11.5. The van der Waals surface area contributed by atoms with Gasteiger partial charge in [-0.15, -0.1) is 0 Å². The molecule has 0 atom stereocenters. The number of nitrogens with zero attached hydrogens (tertiary/aromatic N) is 3. The summed E-state index contributed by atoms with van der Waals surface area (Å²) in [6.07, 6.45) is 3.39. The molecule has 0 rings (SSSR count). The van der Waals surface area contributed by atoms with Crippen molar-refractivity contribution in [2.45, 2.75) is 46.1 Å². The SMILES string of the molecule is CCO[Si](CC(CCN(C)C)(CCN(C)C)CCN(C)C)(OCC)OCC. The highest BCUT2D eigenvalue weighted by molar-refractivity contribution is 6.60. The number of rotatable bonds is 17. The van der Waals surface area contributed by atoms with Gasteiger partial charge in [0.2, 0.25) is 0 Å². The van der Waals surface area contributed by atoms with Crippen LogP contribution in [0.4, 0.5) is 0 Å². The van der Waals surface area contributed by atoms with Crippen LogP contribution in [0.3, 0.4) is 0 Å². The second-order valence-electron chi connectivity index (χ2n) is 8.32. The van der Waals surface area contributed by atoms with Crippen molar-refractivity contribution < 1.29 is 13.3 Å². The molecule has 0 aliphatic rings. The molecule has 0 N–H and O–H groups in total. The molecule has 0 aromatic carbocycles. The van der Waals surface area contributed by atoms with Gasteiger partial charge in [0.15, 0.2) is 0 Å². The minimum atomic E-state index is -2.70. The van der Waals surface area contributed by atoms with E-state index in [0.29, 0.717) is 19.8 Å². The van der Waals surface area contributed by atoms with Crippen molar-refractivity contribution in [3.63, 3.8) is 0 Å². The molecule has 7 heteroatoms. The first-order valence-electron chi connectivity index (χ1n) is 10.5. The van der Waals surface area contributed by atoms with Crippen molar-refractivity contribution >= 4 is 8.80 Å². The van der Waals surface area contributed by atoms with Crippen molar-refractivity contribution in [1.82, 2.24) is 14.7 Å². The molecular formula is C20H47N3O3Si. The summed E-state index contributed by atoms with van der Waals surface area (Å²) in [5.74, 6) is 0. The van der Waals surface area contributed by atoms with Crippen molar-refractivity contribution in [2.75, 3.05) is 81.7 Å². The summed E-state index contributed by atoms with van der Waals surface area (Å²) in [6, 6.07) is 0.894. The molecule has 0 radical (unpaired) electrons. The molecule has 0 bridgehead atoms. The van der Waals surface area contributed by atoms with Crippen LogP contribution in [0.5, 0.6) is 0 Å². The van der Waals surface area contributed by atoms with E-state index in [-0.39, 0.29) is 5.41 Å². The highest BCUT2D eigenvalue weighted by Gasteiger charge is 2.48. The van der Waals surface area contributed by atoms with E-state index in [4.69, 9.17) is 13.3 Å². The quantitative estimate of drug-likeness (QED) is 0.346. The summed E-state index contributed by atoms with van der Waals surface area (Å²) in [5.41, 5.74) is 0.143. The van der Waals surface area contributed by atoms with E-state index >= 15 is 0 Å². The average Bonchev–Trinajstić information content (AvgIpc) is 2.57. The molecule has 0 heterocycles. The Kier molecular flexibility index (Phi) is 14.0. The summed E-state index contributed by atoms with van der Waals surface area (Å²) < 4.78 is 18.7. The summed E-state index contributed by atoms with van der Waals surface area (Å²) >= 11 is 0. The van der Waals surface area contributed by atoms with Gasteiger partial charge >= 0.3 is 8.80 Å². The summed E-state index contributed by atoms with van der Waals surface area (Å²) in [4.78, 5) is 6.85. The van der Waals surface area contributed by atoms with Crippen LogP contribution in [0, 0.1) is 5.41 Å². The molecule has 0 aliphatic heterocycles. The van der Waals surface area contributed by atoms with E-state index < -0.39 is 8.80 Å². The van der Waals surface area contributed by atoms with E-state index in [2.05, 4.69) is 57.0 Å². The van der Waals surface area contributed by atoms with Gasteiger partial charge in [-0.1, -0.05) is 0 Å².